The van der Waals surface area contributed by atoms with Crippen LogP contribution in [0.15, 0.2) is 48.5 Å². The standard InChI is InChI=1S/C16H18O2/c1-3-13-7-6-8-14(11-13)18-16-10-5-4-9-15(16)12(2)17/h4-12,17H,3H2,1-2H3/t12-/m0/s1. The van der Waals surface area contributed by atoms with Crippen LogP contribution in [0.25, 0.3) is 0 Å². The molecule has 0 aliphatic carbocycles. The quantitative estimate of drug-likeness (QED) is 0.874. The van der Waals surface area contributed by atoms with Crippen LogP contribution in [0.5, 0.6) is 11.5 Å². The molecule has 0 aliphatic rings. The van der Waals surface area contributed by atoms with Crippen LogP contribution >= 0.6 is 0 Å². The van der Waals surface area contributed by atoms with E-state index in [1.165, 1.54) is 5.56 Å². The summed E-state index contributed by atoms with van der Waals surface area (Å²) in [4.78, 5) is 0. The minimum atomic E-state index is -0.532. The number of para-hydroxylation sites is 1. The van der Waals surface area contributed by atoms with E-state index in [4.69, 9.17) is 4.74 Å². The van der Waals surface area contributed by atoms with Gasteiger partial charge in [0, 0.05) is 5.56 Å². The first-order chi connectivity index (χ1) is 8.70. The molecular formula is C16H18O2. The summed E-state index contributed by atoms with van der Waals surface area (Å²) in [5.74, 6) is 1.52. The van der Waals surface area contributed by atoms with E-state index in [1.807, 2.05) is 42.5 Å². The lowest BCUT2D eigenvalue weighted by molar-refractivity contribution is 0.195. The van der Waals surface area contributed by atoms with Crippen LogP contribution in [0.3, 0.4) is 0 Å². The number of ether oxygens (including phenoxy) is 1. The molecule has 0 aliphatic heterocycles. The Morgan fingerprint density at radius 3 is 2.61 bits per heavy atom. The molecule has 2 aromatic carbocycles. The van der Waals surface area contributed by atoms with Crippen LogP contribution in [0, 0.1) is 0 Å². The number of hydrogen-bond donors (Lipinski definition) is 1. The Bertz CT molecular complexity index is 518. The van der Waals surface area contributed by atoms with E-state index >= 15 is 0 Å². The van der Waals surface area contributed by atoms with Gasteiger partial charge >= 0.3 is 0 Å². The lowest BCUT2D eigenvalue weighted by atomic mass is 10.1. The van der Waals surface area contributed by atoms with Crippen molar-refractivity contribution in [3.8, 4) is 11.5 Å². The van der Waals surface area contributed by atoms with Crippen molar-refractivity contribution < 1.29 is 9.84 Å². The van der Waals surface area contributed by atoms with Gasteiger partial charge in [-0.15, -0.1) is 0 Å². The zero-order chi connectivity index (χ0) is 13.0. The van der Waals surface area contributed by atoms with Gasteiger partial charge in [0.15, 0.2) is 0 Å². The molecule has 0 amide bonds. The van der Waals surface area contributed by atoms with Gasteiger partial charge in [0.1, 0.15) is 11.5 Å². The molecule has 0 saturated heterocycles. The zero-order valence-corrected chi connectivity index (χ0v) is 10.8. The van der Waals surface area contributed by atoms with Gasteiger partial charge in [-0.3, -0.25) is 0 Å². The number of benzene rings is 2. The smallest absolute Gasteiger partial charge is 0.133 e. The maximum atomic E-state index is 9.70. The van der Waals surface area contributed by atoms with E-state index in [-0.39, 0.29) is 0 Å². The normalized spacial score (nSPS) is 12.2. The van der Waals surface area contributed by atoms with Crippen molar-refractivity contribution in [1.82, 2.24) is 0 Å². The highest BCUT2D eigenvalue weighted by Gasteiger charge is 2.09. The molecule has 0 radical (unpaired) electrons. The fourth-order valence-corrected chi connectivity index (χ4v) is 1.87. The molecule has 0 fully saturated rings. The van der Waals surface area contributed by atoms with Gasteiger partial charge in [-0.2, -0.15) is 0 Å². The molecule has 2 rings (SSSR count). The van der Waals surface area contributed by atoms with Crippen LogP contribution < -0.4 is 4.74 Å². The Kier molecular flexibility index (Phi) is 4.00. The first-order valence-corrected chi connectivity index (χ1v) is 6.24. The van der Waals surface area contributed by atoms with Gasteiger partial charge in [0.2, 0.25) is 0 Å². The molecule has 94 valence electrons. The highest BCUT2D eigenvalue weighted by atomic mass is 16.5. The number of aliphatic hydroxyl groups excluding tert-OH is 1. The summed E-state index contributed by atoms with van der Waals surface area (Å²) < 4.78 is 5.85. The highest BCUT2D eigenvalue weighted by Crippen LogP contribution is 2.29. The summed E-state index contributed by atoms with van der Waals surface area (Å²) in [6.45, 7) is 3.85. The molecule has 0 bridgehead atoms. The molecule has 1 atom stereocenters. The Labute approximate surface area is 108 Å². The van der Waals surface area contributed by atoms with Crippen molar-refractivity contribution in [3.63, 3.8) is 0 Å². The molecule has 2 aromatic rings. The van der Waals surface area contributed by atoms with E-state index in [0.29, 0.717) is 5.75 Å². The van der Waals surface area contributed by atoms with Crippen LogP contribution in [0.2, 0.25) is 0 Å². The molecule has 2 heteroatoms. The minimum absolute atomic E-state index is 0.532. The molecule has 0 saturated carbocycles. The molecule has 1 N–H and O–H groups in total. The van der Waals surface area contributed by atoms with Crippen molar-refractivity contribution >= 4 is 0 Å². The summed E-state index contributed by atoms with van der Waals surface area (Å²) in [5, 5.41) is 9.70. The van der Waals surface area contributed by atoms with Crippen LogP contribution in [0.4, 0.5) is 0 Å². The van der Waals surface area contributed by atoms with Crippen LogP contribution in [-0.2, 0) is 6.42 Å². The Hall–Kier alpha value is -1.80. The molecule has 0 unspecified atom stereocenters. The van der Waals surface area contributed by atoms with Gasteiger partial charge in [-0.25, -0.2) is 0 Å². The van der Waals surface area contributed by atoms with E-state index in [9.17, 15) is 5.11 Å². The Morgan fingerprint density at radius 1 is 1.11 bits per heavy atom. The number of rotatable bonds is 4. The molecule has 0 spiro atoms. The maximum Gasteiger partial charge on any atom is 0.133 e. The van der Waals surface area contributed by atoms with E-state index < -0.39 is 6.10 Å². The van der Waals surface area contributed by atoms with Crippen molar-refractivity contribution in [3.05, 3.63) is 59.7 Å². The lowest BCUT2D eigenvalue weighted by Gasteiger charge is -2.13. The molecule has 18 heavy (non-hydrogen) atoms. The first-order valence-electron chi connectivity index (χ1n) is 6.24. The third kappa shape index (κ3) is 2.90. The summed E-state index contributed by atoms with van der Waals surface area (Å²) in [5.41, 5.74) is 2.04. The third-order valence-electron chi connectivity index (χ3n) is 2.90. The second kappa shape index (κ2) is 5.69. The summed E-state index contributed by atoms with van der Waals surface area (Å²) in [6.07, 6.45) is 0.450. The number of aryl methyl sites for hydroxylation is 1. The van der Waals surface area contributed by atoms with Gasteiger partial charge in [-0.05, 0) is 37.1 Å². The molecule has 0 heterocycles. The average molecular weight is 242 g/mol. The van der Waals surface area contributed by atoms with Gasteiger partial charge in [-0.1, -0.05) is 37.3 Å². The van der Waals surface area contributed by atoms with Gasteiger partial charge < -0.3 is 9.84 Å². The van der Waals surface area contributed by atoms with E-state index in [1.54, 1.807) is 6.92 Å². The second-order valence-electron chi connectivity index (χ2n) is 4.32. The van der Waals surface area contributed by atoms with Gasteiger partial charge in [0.25, 0.3) is 0 Å². The number of hydrogen-bond acceptors (Lipinski definition) is 2. The number of aliphatic hydroxyl groups is 1. The fourth-order valence-electron chi connectivity index (χ4n) is 1.87. The third-order valence-corrected chi connectivity index (χ3v) is 2.90. The Balaban J connectivity index is 2.28. The predicted octanol–water partition coefficient (Wildman–Crippen LogP) is 4.09. The zero-order valence-electron chi connectivity index (χ0n) is 10.8. The Morgan fingerprint density at radius 2 is 1.89 bits per heavy atom. The minimum Gasteiger partial charge on any atom is -0.457 e. The van der Waals surface area contributed by atoms with Crippen molar-refractivity contribution in [2.75, 3.05) is 0 Å². The van der Waals surface area contributed by atoms with Gasteiger partial charge in [0.05, 0.1) is 6.10 Å². The SMILES string of the molecule is CCc1cccc(Oc2ccccc2[C@H](C)O)c1. The van der Waals surface area contributed by atoms with E-state index in [0.717, 1.165) is 17.7 Å². The maximum absolute atomic E-state index is 9.70. The monoisotopic (exact) mass is 242 g/mol. The van der Waals surface area contributed by atoms with Crippen molar-refractivity contribution in [2.45, 2.75) is 26.4 Å². The molecular weight excluding hydrogens is 224 g/mol. The topological polar surface area (TPSA) is 29.5 Å². The summed E-state index contributed by atoms with van der Waals surface area (Å²) in [6, 6.07) is 15.6. The first kappa shape index (κ1) is 12.7. The predicted molar refractivity (Wildman–Crippen MR) is 73.0 cm³/mol. The lowest BCUT2D eigenvalue weighted by Crippen LogP contribution is -1.96. The van der Waals surface area contributed by atoms with Crippen molar-refractivity contribution in [1.29, 1.82) is 0 Å². The largest absolute Gasteiger partial charge is 0.457 e. The molecule has 0 aromatic heterocycles. The van der Waals surface area contributed by atoms with Crippen LogP contribution in [0.1, 0.15) is 31.1 Å². The summed E-state index contributed by atoms with van der Waals surface area (Å²) >= 11 is 0. The fraction of sp³-hybridized carbons (Fsp3) is 0.250. The van der Waals surface area contributed by atoms with E-state index in [2.05, 4.69) is 13.0 Å². The van der Waals surface area contributed by atoms with Crippen LogP contribution in [-0.4, -0.2) is 5.11 Å². The second-order valence-corrected chi connectivity index (χ2v) is 4.32. The average Bonchev–Trinajstić information content (AvgIpc) is 2.39. The summed E-state index contributed by atoms with van der Waals surface area (Å²) in [7, 11) is 0. The van der Waals surface area contributed by atoms with Crippen molar-refractivity contribution in [2.24, 2.45) is 0 Å². The molecule has 2 nitrogen and oxygen atoms in total. The highest BCUT2D eigenvalue weighted by molar-refractivity contribution is 5.39.